The number of nitrogens with zero attached hydrogens (tertiary/aromatic N) is 1. The second kappa shape index (κ2) is 9.00. The van der Waals surface area contributed by atoms with Crippen molar-refractivity contribution in [2.75, 3.05) is 13.1 Å². The van der Waals surface area contributed by atoms with Crippen molar-refractivity contribution in [3.8, 4) is 11.5 Å². The van der Waals surface area contributed by atoms with Crippen molar-refractivity contribution in [2.45, 2.75) is 41.2 Å². The van der Waals surface area contributed by atoms with E-state index in [9.17, 15) is 14.3 Å². The van der Waals surface area contributed by atoms with E-state index in [0.717, 1.165) is 13.1 Å². The highest BCUT2D eigenvalue weighted by atomic mass is 19.1. The van der Waals surface area contributed by atoms with Crippen LogP contribution in [0, 0.1) is 24.6 Å². The third-order valence-electron chi connectivity index (χ3n) is 5.00. The van der Waals surface area contributed by atoms with Gasteiger partial charge in [-0.15, -0.1) is 0 Å². The van der Waals surface area contributed by atoms with E-state index in [4.69, 9.17) is 4.74 Å². The number of carbonyl (C=O) groups excluding carboxylic acids is 1. The molecule has 0 amide bonds. The molecule has 0 spiro atoms. The van der Waals surface area contributed by atoms with Crippen molar-refractivity contribution >= 4 is 11.9 Å². The van der Waals surface area contributed by atoms with Crippen molar-refractivity contribution in [1.82, 2.24) is 4.90 Å². The standard InChI is InChI=1S/C25H30FNO3/c1-15(2)12-27(13-16(3)4)14-20-21(28)9-17(5)23-24(29)22(30-25(20)23)11-18-7-6-8-19(26)10-18/h6-11,15-16,28H,12-14H2,1-5H3/b22-11+. The van der Waals surface area contributed by atoms with Crippen LogP contribution in [-0.2, 0) is 6.54 Å². The van der Waals surface area contributed by atoms with Gasteiger partial charge in [0, 0.05) is 19.6 Å². The molecule has 1 heterocycles. The van der Waals surface area contributed by atoms with Gasteiger partial charge in [0.2, 0.25) is 5.78 Å². The Morgan fingerprint density at radius 2 is 1.80 bits per heavy atom. The third kappa shape index (κ3) is 4.90. The highest BCUT2D eigenvalue weighted by molar-refractivity contribution is 6.15. The molecule has 5 heteroatoms. The summed E-state index contributed by atoms with van der Waals surface area (Å²) in [7, 11) is 0. The lowest BCUT2D eigenvalue weighted by Crippen LogP contribution is -2.31. The number of phenolic OH excluding ortho intramolecular Hbond substituents is 1. The third-order valence-corrected chi connectivity index (χ3v) is 5.00. The number of phenols is 1. The first-order chi connectivity index (χ1) is 14.2. The van der Waals surface area contributed by atoms with Crippen LogP contribution in [0.15, 0.2) is 36.1 Å². The number of carbonyl (C=O) groups is 1. The second-order valence-corrected chi connectivity index (χ2v) is 8.87. The molecule has 1 aliphatic rings. The zero-order chi connectivity index (χ0) is 22.0. The van der Waals surface area contributed by atoms with Gasteiger partial charge in [0.15, 0.2) is 5.76 Å². The first-order valence-corrected chi connectivity index (χ1v) is 10.4. The summed E-state index contributed by atoms with van der Waals surface area (Å²) in [4.78, 5) is 15.3. The van der Waals surface area contributed by atoms with Gasteiger partial charge in [0.25, 0.3) is 0 Å². The number of rotatable bonds is 7. The molecule has 0 aromatic heterocycles. The SMILES string of the molecule is Cc1cc(O)c(CN(CC(C)C)CC(C)C)c2c1C(=O)/C(=C\c1cccc(F)c1)O2. The van der Waals surface area contributed by atoms with Crippen molar-refractivity contribution in [3.05, 3.63) is 64.2 Å². The largest absolute Gasteiger partial charge is 0.507 e. The van der Waals surface area contributed by atoms with E-state index in [-0.39, 0.29) is 23.1 Å². The fraction of sp³-hybridized carbons (Fsp3) is 0.400. The predicted octanol–water partition coefficient (Wildman–Crippen LogP) is 5.57. The number of aromatic hydroxyl groups is 1. The Hall–Kier alpha value is -2.66. The fourth-order valence-corrected chi connectivity index (χ4v) is 3.94. The minimum Gasteiger partial charge on any atom is -0.507 e. The molecule has 160 valence electrons. The second-order valence-electron chi connectivity index (χ2n) is 8.87. The maximum absolute atomic E-state index is 13.5. The number of fused-ring (bicyclic) bond motifs is 1. The predicted molar refractivity (Wildman–Crippen MR) is 117 cm³/mol. The Labute approximate surface area is 178 Å². The Bertz CT molecular complexity index is 969. The first kappa shape index (κ1) is 22.0. The summed E-state index contributed by atoms with van der Waals surface area (Å²) < 4.78 is 19.5. The van der Waals surface area contributed by atoms with E-state index in [1.807, 2.05) is 0 Å². The molecule has 0 unspecified atom stereocenters. The molecule has 3 rings (SSSR count). The van der Waals surface area contributed by atoms with Gasteiger partial charge in [-0.25, -0.2) is 4.39 Å². The monoisotopic (exact) mass is 411 g/mol. The number of Topliss-reactive ketones (excluding diaryl/α,β-unsaturated/α-hetero) is 1. The Morgan fingerprint density at radius 1 is 1.13 bits per heavy atom. The summed E-state index contributed by atoms with van der Waals surface area (Å²) in [6, 6.07) is 7.64. The molecule has 1 aliphatic heterocycles. The van der Waals surface area contributed by atoms with Gasteiger partial charge in [-0.2, -0.15) is 0 Å². The number of ketones is 1. The summed E-state index contributed by atoms with van der Waals surface area (Å²) in [6.45, 7) is 12.7. The molecule has 0 bridgehead atoms. The summed E-state index contributed by atoms with van der Waals surface area (Å²) >= 11 is 0. The molecule has 0 saturated heterocycles. The normalized spacial score (nSPS) is 14.8. The Morgan fingerprint density at radius 3 is 2.40 bits per heavy atom. The van der Waals surface area contributed by atoms with E-state index in [1.165, 1.54) is 12.1 Å². The van der Waals surface area contributed by atoms with Crippen molar-refractivity contribution in [1.29, 1.82) is 0 Å². The van der Waals surface area contributed by atoms with Crippen LogP contribution >= 0.6 is 0 Å². The van der Waals surface area contributed by atoms with Gasteiger partial charge in [-0.3, -0.25) is 9.69 Å². The van der Waals surface area contributed by atoms with Gasteiger partial charge in [-0.1, -0.05) is 39.8 Å². The van der Waals surface area contributed by atoms with Gasteiger partial charge in [-0.05, 0) is 54.2 Å². The van der Waals surface area contributed by atoms with E-state index >= 15 is 0 Å². The number of aryl methyl sites for hydroxylation is 1. The van der Waals surface area contributed by atoms with Gasteiger partial charge in [0.1, 0.15) is 17.3 Å². The lowest BCUT2D eigenvalue weighted by molar-refractivity contribution is 0.101. The van der Waals surface area contributed by atoms with Gasteiger partial charge >= 0.3 is 0 Å². The van der Waals surface area contributed by atoms with Crippen LogP contribution in [0.1, 0.15) is 54.7 Å². The van der Waals surface area contributed by atoms with Crippen LogP contribution in [0.25, 0.3) is 6.08 Å². The molecule has 0 saturated carbocycles. The Kier molecular flexibility index (Phi) is 6.61. The molecule has 0 fully saturated rings. The van der Waals surface area contributed by atoms with E-state index in [1.54, 1.807) is 31.2 Å². The van der Waals surface area contributed by atoms with Crippen LogP contribution < -0.4 is 4.74 Å². The Balaban J connectivity index is 1.99. The summed E-state index contributed by atoms with van der Waals surface area (Å²) in [5, 5.41) is 10.7. The van der Waals surface area contributed by atoms with Gasteiger partial charge in [0.05, 0.1) is 11.1 Å². The molecule has 2 aromatic rings. The summed E-state index contributed by atoms with van der Waals surface area (Å²) in [5.74, 6) is 1.00. The summed E-state index contributed by atoms with van der Waals surface area (Å²) in [5.41, 5.74) is 2.31. The number of hydrogen-bond acceptors (Lipinski definition) is 4. The molecule has 2 aromatic carbocycles. The number of halogens is 1. The molecular formula is C25H30FNO3. The number of hydrogen-bond donors (Lipinski definition) is 1. The maximum atomic E-state index is 13.5. The van der Waals surface area contributed by atoms with Crippen molar-refractivity contribution in [3.63, 3.8) is 0 Å². The van der Waals surface area contributed by atoms with Crippen LogP contribution in [-0.4, -0.2) is 28.9 Å². The van der Waals surface area contributed by atoms with Crippen LogP contribution in [0.5, 0.6) is 11.5 Å². The molecule has 4 nitrogen and oxygen atoms in total. The fourth-order valence-electron chi connectivity index (χ4n) is 3.94. The quantitative estimate of drug-likeness (QED) is 0.605. The first-order valence-electron chi connectivity index (χ1n) is 10.4. The summed E-state index contributed by atoms with van der Waals surface area (Å²) in [6.07, 6.45) is 1.55. The lowest BCUT2D eigenvalue weighted by atomic mass is 9.98. The zero-order valence-corrected chi connectivity index (χ0v) is 18.3. The number of benzene rings is 2. The molecule has 0 atom stereocenters. The minimum absolute atomic E-state index is 0.128. The van der Waals surface area contributed by atoms with E-state index in [2.05, 4.69) is 32.6 Å². The van der Waals surface area contributed by atoms with Crippen molar-refractivity contribution < 1.29 is 19.0 Å². The molecule has 1 N–H and O–H groups in total. The lowest BCUT2D eigenvalue weighted by Gasteiger charge is -2.27. The van der Waals surface area contributed by atoms with Crippen LogP contribution in [0.3, 0.4) is 0 Å². The average molecular weight is 412 g/mol. The number of allylic oxidation sites excluding steroid dienone is 1. The number of ether oxygens (including phenoxy) is 1. The molecular weight excluding hydrogens is 381 g/mol. The highest BCUT2D eigenvalue weighted by Crippen LogP contribution is 2.42. The van der Waals surface area contributed by atoms with Crippen LogP contribution in [0.2, 0.25) is 0 Å². The van der Waals surface area contributed by atoms with E-state index in [0.29, 0.717) is 46.4 Å². The molecule has 0 radical (unpaired) electrons. The topological polar surface area (TPSA) is 49.8 Å². The van der Waals surface area contributed by atoms with Crippen molar-refractivity contribution in [2.24, 2.45) is 11.8 Å². The highest BCUT2D eigenvalue weighted by Gasteiger charge is 2.33. The average Bonchev–Trinajstić information content (AvgIpc) is 2.94. The van der Waals surface area contributed by atoms with Gasteiger partial charge < -0.3 is 9.84 Å². The maximum Gasteiger partial charge on any atom is 0.232 e. The van der Waals surface area contributed by atoms with E-state index < -0.39 is 0 Å². The smallest absolute Gasteiger partial charge is 0.232 e. The molecule has 30 heavy (non-hydrogen) atoms. The zero-order valence-electron chi connectivity index (χ0n) is 18.3. The molecule has 0 aliphatic carbocycles. The minimum atomic E-state index is -0.375. The van der Waals surface area contributed by atoms with Crippen LogP contribution in [0.4, 0.5) is 4.39 Å².